The Kier molecular flexibility index (Phi) is 4.96. The number of rotatable bonds is 4. The minimum absolute atomic E-state index is 0.373. The van der Waals surface area contributed by atoms with Crippen LogP contribution in [-0.2, 0) is 13.1 Å². The molecule has 0 spiro atoms. The lowest BCUT2D eigenvalue weighted by Crippen LogP contribution is -2.31. The van der Waals surface area contributed by atoms with Crippen molar-refractivity contribution in [2.45, 2.75) is 20.0 Å². The van der Waals surface area contributed by atoms with Crippen LogP contribution < -0.4 is 15.1 Å². The van der Waals surface area contributed by atoms with Crippen molar-refractivity contribution >= 4 is 11.0 Å². The van der Waals surface area contributed by atoms with Gasteiger partial charge >= 0.3 is 5.63 Å². The van der Waals surface area contributed by atoms with Gasteiger partial charge in [0.25, 0.3) is 0 Å². The van der Waals surface area contributed by atoms with Crippen LogP contribution in [0, 0.1) is 6.92 Å². The molecule has 0 atom stereocenters. The van der Waals surface area contributed by atoms with Gasteiger partial charge in [-0.05, 0) is 47.9 Å². The Hall–Kier alpha value is -3.57. The molecule has 1 aromatic heterocycles. The van der Waals surface area contributed by atoms with E-state index in [1.807, 2.05) is 36.4 Å². The van der Waals surface area contributed by atoms with Crippen molar-refractivity contribution in [1.82, 2.24) is 4.90 Å². The summed E-state index contributed by atoms with van der Waals surface area (Å²) in [5.74, 6) is 1.54. The van der Waals surface area contributed by atoms with Gasteiger partial charge in [0.05, 0.1) is 12.7 Å². The van der Waals surface area contributed by atoms with Crippen LogP contribution in [0.5, 0.6) is 11.5 Å². The van der Waals surface area contributed by atoms with Crippen molar-refractivity contribution in [2.75, 3.05) is 13.8 Å². The summed E-state index contributed by atoms with van der Waals surface area (Å²) < 4.78 is 17.0. The first-order valence-electron chi connectivity index (χ1n) is 10.3. The van der Waals surface area contributed by atoms with E-state index in [2.05, 4.69) is 36.1 Å². The lowest BCUT2D eigenvalue weighted by atomic mass is 9.99. The fraction of sp³-hybridized carbons (Fsp3) is 0.192. The third kappa shape index (κ3) is 3.80. The highest BCUT2D eigenvalue weighted by Gasteiger charge is 2.23. The van der Waals surface area contributed by atoms with Crippen LogP contribution in [-0.4, -0.2) is 18.7 Å². The summed E-state index contributed by atoms with van der Waals surface area (Å²) >= 11 is 0. The SMILES string of the molecule is COc1ccc(-c2cc(=O)oc3c4c(ccc23)OCN(Cc2ccc(C)cc2)C4)cc1. The highest BCUT2D eigenvalue weighted by atomic mass is 16.5. The molecule has 0 fully saturated rings. The van der Waals surface area contributed by atoms with Gasteiger partial charge in [-0.15, -0.1) is 0 Å². The highest BCUT2D eigenvalue weighted by Crippen LogP contribution is 2.36. The van der Waals surface area contributed by atoms with Gasteiger partial charge in [0.1, 0.15) is 23.8 Å². The van der Waals surface area contributed by atoms with Gasteiger partial charge in [-0.2, -0.15) is 0 Å². The molecule has 2 heterocycles. The largest absolute Gasteiger partial charge is 0.497 e. The van der Waals surface area contributed by atoms with E-state index in [0.29, 0.717) is 18.9 Å². The Morgan fingerprint density at radius 3 is 2.52 bits per heavy atom. The number of aryl methyl sites for hydroxylation is 1. The molecule has 0 N–H and O–H groups in total. The molecule has 0 saturated carbocycles. The summed E-state index contributed by atoms with van der Waals surface area (Å²) in [4.78, 5) is 14.6. The monoisotopic (exact) mass is 413 g/mol. The van der Waals surface area contributed by atoms with E-state index in [-0.39, 0.29) is 5.63 Å². The maximum Gasteiger partial charge on any atom is 0.336 e. The smallest absolute Gasteiger partial charge is 0.336 e. The lowest BCUT2D eigenvalue weighted by Gasteiger charge is -2.29. The third-order valence-electron chi connectivity index (χ3n) is 5.68. The van der Waals surface area contributed by atoms with Crippen LogP contribution in [0.15, 0.2) is 75.9 Å². The molecule has 31 heavy (non-hydrogen) atoms. The van der Waals surface area contributed by atoms with Gasteiger partial charge < -0.3 is 13.9 Å². The predicted octanol–water partition coefficient (Wildman–Crippen LogP) is 5.13. The number of ether oxygens (including phenoxy) is 2. The average molecular weight is 413 g/mol. The first-order chi connectivity index (χ1) is 15.1. The van der Waals surface area contributed by atoms with E-state index in [4.69, 9.17) is 13.9 Å². The Morgan fingerprint density at radius 2 is 1.77 bits per heavy atom. The Morgan fingerprint density at radius 1 is 1.00 bits per heavy atom. The molecule has 5 rings (SSSR count). The van der Waals surface area contributed by atoms with Crippen LogP contribution >= 0.6 is 0 Å². The minimum atomic E-state index is -0.373. The topological polar surface area (TPSA) is 51.9 Å². The van der Waals surface area contributed by atoms with Crippen molar-refractivity contribution < 1.29 is 13.9 Å². The van der Waals surface area contributed by atoms with E-state index in [1.54, 1.807) is 13.2 Å². The summed E-state index contributed by atoms with van der Waals surface area (Å²) in [6.45, 7) is 3.99. The van der Waals surface area contributed by atoms with Crippen LogP contribution in [0.25, 0.3) is 22.1 Å². The highest BCUT2D eigenvalue weighted by molar-refractivity contribution is 5.95. The zero-order valence-corrected chi connectivity index (χ0v) is 17.6. The maximum atomic E-state index is 12.4. The van der Waals surface area contributed by atoms with Crippen molar-refractivity contribution in [3.8, 4) is 22.6 Å². The predicted molar refractivity (Wildman–Crippen MR) is 120 cm³/mol. The van der Waals surface area contributed by atoms with Gasteiger partial charge in [0.2, 0.25) is 0 Å². The Labute approximate surface area is 180 Å². The van der Waals surface area contributed by atoms with Crippen molar-refractivity contribution in [2.24, 2.45) is 0 Å². The molecule has 0 bridgehead atoms. The molecule has 0 saturated heterocycles. The molecule has 0 aliphatic carbocycles. The molecular weight excluding hydrogens is 390 g/mol. The molecule has 3 aromatic carbocycles. The fourth-order valence-electron chi connectivity index (χ4n) is 4.04. The molecule has 4 aromatic rings. The molecule has 0 amide bonds. The Bertz CT molecular complexity index is 1290. The summed E-state index contributed by atoms with van der Waals surface area (Å²) in [7, 11) is 1.64. The third-order valence-corrected chi connectivity index (χ3v) is 5.68. The van der Waals surface area contributed by atoms with E-state index in [1.165, 1.54) is 11.1 Å². The standard InChI is InChI=1S/C26H23NO4/c1-17-3-5-18(6-4-17)14-27-15-23-24(30-16-27)12-11-21-22(13-25(28)31-26(21)23)19-7-9-20(29-2)10-8-19/h3-13H,14-16H2,1-2H3. The van der Waals surface area contributed by atoms with Crippen LogP contribution in [0.1, 0.15) is 16.7 Å². The molecule has 1 aliphatic heterocycles. The van der Waals surface area contributed by atoms with Crippen molar-refractivity contribution in [3.05, 3.63) is 93.8 Å². The molecule has 0 radical (unpaired) electrons. The molecule has 156 valence electrons. The minimum Gasteiger partial charge on any atom is -0.497 e. The average Bonchev–Trinajstić information content (AvgIpc) is 2.80. The zero-order valence-electron chi connectivity index (χ0n) is 17.6. The van der Waals surface area contributed by atoms with Crippen LogP contribution in [0.2, 0.25) is 0 Å². The van der Waals surface area contributed by atoms with Gasteiger partial charge in [-0.25, -0.2) is 4.79 Å². The molecule has 5 heteroatoms. The van der Waals surface area contributed by atoms with E-state index >= 15 is 0 Å². The number of methoxy groups -OCH3 is 1. The summed E-state index contributed by atoms with van der Waals surface area (Å²) in [6.07, 6.45) is 0. The molecular formula is C26H23NO4. The zero-order chi connectivity index (χ0) is 21.4. The van der Waals surface area contributed by atoms with E-state index < -0.39 is 0 Å². The molecule has 0 unspecified atom stereocenters. The second-order valence-corrected chi connectivity index (χ2v) is 7.87. The number of benzene rings is 3. The lowest BCUT2D eigenvalue weighted by molar-refractivity contribution is 0.0890. The first-order valence-corrected chi connectivity index (χ1v) is 10.3. The quantitative estimate of drug-likeness (QED) is 0.434. The molecule has 1 aliphatic rings. The maximum absolute atomic E-state index is 12.4. The van der Waals surface area contributed by atoms with E-state index in [9.17, 15) is 4.79 Å². The number of hydrogen-bond acceptors (Lipinski definition) is 5. The van der Waals surface area contributed by atoms with Crippen molar-refractivity contribution in [3.63, 3.8) is 0 Å². The number of fused-ring (bicyclic) bond motifs is 3. The van der Waals surface area contributed by atoms with Gasteiger partial charge in [-0.1, -0.05) is 42.0 Å². The number of hydrogen-bond donors (Lipinski definition) is 0. The summed E-state index contributed by atoms with van der Waals surface area (Å²) in [6, 6.07) is 21.7. The normalized spacial score (nSPS) is 13.6. The van der Waals surface area contributed by atoms with Crippen LogP contribution in [0.3, 0.4) is 0 Å². The van der Waals surface area contributed by atoms with Gasteiger partial charge in [0, 0.05) is 24.5 Å². The fourth-order valence-corrected chi connectivity index (χ4v) is 4.04. The van der Waals surface area contributed by atoms with Crippen LogP contribution in [0.4, 0.5) is 0 Å². The van der Waals surface area contributed by atoms with Gasteiger partial charge in [0.15, 0.2) is 0 Å². The first kappa shape index (κ1) is 19.4. The second-order valence-electron chi connectivity index (χ2n) is 7.87. The second kappa shape index (κ2) is 7.93. The number of nitrogens with zero attached hydrogens (tertiary/aromatic N) is 1. The van der Waals surface area contributed by atoms with E-state index in [0.717, 1.165) is 40.1 Å². The Balaban J connectivity index is 1.54. The molecule has 5 nitrogen and oxygen atoms in total. The van der Waals surface area contributed by atoms with Crippen molar-refractivity contribution in [1.29, 1.82) is 0 Å². The summed E-state index contributed by atoms with van der Waals surface area (Å²) in [5.41, 5.74) is 5.36. The van der Waals surface area contributed by atoms with Gasteiger partial charge in [-0.3, -0.25) is 4.90 Å². The summed E-state index contributed by atoms with van der Waals surface area (Å²) in [5, 5.41) is 0.893.